The zero-order valence-corrected chi connectivity index (χ0v) is 22.9. The van der Waals surface area contributed by atoms with Gasteiger partial charge in [0.15, 0.2) is 0 Å². The molecule has 36 heavy (non-hydrogen) atoms. The number of nitrogens with zero attached hydrogens (tertiary/aromatic N) is 1. The molecule has 0 amide bonds. The summed E-state index contributed by atoms with van der Waals surface area (Å²) in [6.45, 7) is 17.6. The summed E-state index contributed by atoms with van der Waals surface area (Å²) in [4.78, 5) is 0. The van der Waals surface area contributed by atoms with E-state index < -0.39 is 0 Å². The van der Waals surface area contributed by atoms with Crippen LogP contribution in [0.2, 0.25) is 0 Å². The van der Waals surface area contributed by atoms with Crippen molar-refractivity contribution >= 4 is 43.7 Å². The molecule has 2 heterocycles. The van der Waals surface area contributed by atoms with Gasteiger partial charge in [-0.3, -0.25) is 0 Å². The average molecular weight is 476 g/mol. The van der Waals surface area contributed by atoms with Crippen LogP contribution in [-0.4, -0.2) is 4.57 Å². The van der Waals surface area contributed by atoms with E-state index in [4.69, 9.17) is 4.42 Å². The maximum atomic E-state index is 6.52. The van der Waals surface area contributed by atoms with E-state index in [0.29, 0.717) is 0 Å². The lowest BCUT2D eigenvalue weighted by atomic mass is 9.84. The van der Waals surface area contributed by atoms with Crippen molar-refractivity contribution in [3.8, 4) is 5.69 Å². The summed E-state index contributed by atoms with van der Waals surface area (Å²) in [5.41, 5.74) is 8.16. The highest BCUT2D eigenvalue weighted by atomic mass is 16.3. The fraction of sp³-hybridized carbons (Fsp3) is 0.294. The molecule has 0 saturated heterocycles. The minimum atomic E-state index is -0.0618. The van der Waals surface area contributed by atoms with Crippen LogP contribution in [0.3, 0.4) is 0 Å². The molecule has 0 N–H and O–H groups in total. The minimum absolute atomic E-state index is 0.0618. The molecule has 6 aromatic rings. The number of aromatic nitrogens is 1. The van der Waals surface area contributed by atoms with Crippen molar-refractivity contribution in [1.82, 2.24) is 4.57 Å². The van der Waals surface area contributed by atoms with Crippen molar-refractivity contribution < 1.29 is 4.42 Å². The van der Waals surface area contributed by atoms with Gasteiger partial charge in [0.2, 0.25) is 0 Å². The fourth-order valence-corrected chi connectivity index (χ4v) is 5.22. The van der Waals surface area contributed by atoms with E-state index in [1.54, 1.807) is 0 Å². The molecule has 184 valence electrons. The van der Waals surface area contributed by atoms with E-state index in [2.05, 4.69) is 125 Å². The minimum Gasteiger partial charge on any atom is -0.456 e. The monoisotopic (exact) mass is 475 g/mol. The molecule has 2 heteroatoms. The molecule has 0 aliphatic rings. The van der Waals surface area contributed by atoms with Crippen LogP contribution in [0.15, 0.2) is 83.3 Å². The lowest BCUT2D eigenvalue weighted by molar-refractivity contribution is 0.572. The van der Waals surface area contributed by atoms with Crippen molar-refractivity contribution in [2.24, 2.45) is 0 Å². The molecule has 2 aromatic heterocycles. The number of rotatable bonds is 1. The normalized spacial score (nSPS) is 12.4. The lowest BCUT2D eigenvalue weighted by Gasteiger charge is -2.21. The van der Waals surface area contributed by atoms with Crippen LogP contribution in [-0.2, 0) is 10.8 Å². The van der Waals surface area contributed by atoms with E-state index in [1.807, 2.05) is 13.8 Å². The van der Waals surface area contributed by atoms with Gasteiger partial charge < -0.3 is 8.98 Å². The first-order valence-electron chi connectivity index (χ1n) is 13.1. The van der Waals surface area contributed by atoms with Crippen LogP contribution in [0.5, 0.6) is 0 Å². The van der Waals surface area contributed by atoms with E-state index in [9.17, 15) is 0 Å². The topological polar surface area (TPSA) is 18.1 Å². The Hall–Kier alpha value is -3.52. The molecule has 0 aliphatic carbocycles. The van der Waals surface area contributed by atoms with Crippen LogP contribution < -0.4 is 0 Å². The molecule has 4 aromatic carbocycles. The summed E-state index contributed by atoms with van der Waals surface area (Å²) >= 11 is 0. The highest BCUT2D eigenvalue weighted by Crippen LogP contribution is 2.41. The summed E-state index contributed by atoms with van der Waals surface area (Å²) in [6, 6.07) is 28.7. The largest absolute Gasteiger partial charge is 0.456 e. The average Bonchev–Trinajstić information content (AvgIpc) is 3.39. The lowest BCUT2D eigenvalue weighted by Crippen LogP contribution is -2.12. The van der Waals surface area contributed by atoms with E-state index in [1.165, 1.54) is 49.4 Å². The predicted molar refractivity (Wildman–Crippen MR) is 157 cm³/mol. The molecular weight excluding hydrogens is 438 g/mol. The standard InChI is InChI=1S/C32H31NO.C2H6/c1-31(2,3)20-15-16-29-24(17-20)25-18-21(19-26(30(25)34-29)32(4,5)6)33-27-13-9-7-11-22(27)23-12-8-10-14-28(23)33;1-2/h7-19H,1-6H3;1-2H3. The Bertz CT molecular complexity index is 1660. The first kappa shape index (κ1) is 24.2. The van der Waals surface area contributed by atoms with Gasteiger partial charge in [-0.25, -0.2) is 0 Å². The Morgan fingerprint density at radius 1 is 0.583 bits per heavy atom. The third kappa shape index (κ3) is 3.80. The summed E-state index contributed by atoms with van der Waals surface area (Å²) < 4.78 is 8.92. The molecule has 0 aliphatic heterocycles. The van der Waals surface area contributed by atoms with Crippen LogP contribution in [0, 0.1) is 0 Å². The highest BCUT2D eigenvalue weighted by Gasteiger charge is 2.24. The van der Waals surface area contributed by atoms with Crippen molar-refractivity contribution in [1.29, 1.82) is 0 Å². The SMILES string of the molecule is CC.CC(C)(C)c1ccc2oc3c(C(C)(C)C)cc(-n4c5ccccc5c5ccccc54)cc3c2c1. The molecule has 0 unspecified atom stereocenters. The Morgan fingerprint density at radius 2 is 1.17 bits per heavy atom. The molecule has 2 nitrogen and oxygen atoms in total. The summed E-state index contributed by atoms with van der Waals surface area (Å²) in [7, 11) is 0. The maximum absolute atomic E-state index is 6.52. The Balaban J connectivity index is 0.00000130. The zero-order chi connectivity index (χ0) is 25.8. The van der Waals surface area contributed by atoms with Gasteiger partial charge in [-0.2, -0.15) is 0 Å². The number of furan rings is 1. The third-order valence-corrected chi connectivity index (χ3v) is 7.07. The van der Waals surface area contributed by atoms with Crippen LogP contribution in [0.4, 0.5) is 0 Å². The molecular formula is C34H37NO. The van der Waals surface area contributed by atoms with Gasteiger partial charge in [0, 0.05) is 32.8 Å². The molecule has 0 atom stereocenters. The van der Waals surface area contributed by atoms with Gasteiger partial charge in [-0.05, 0) is 52.8 Å². The van der Waals surface area contributed by atoms with E-state index in [-0.39, 0.29) is 10.8 Å². The van der Waals surface area contributed by atoms with Gasteiger partial charge in [0.1, 0.15) is 11.2 Å². The number of fused-ring (bicyclic) bond motifs is 6. The molecule has 0 fully saturated rings. The smallest absolute Gasteiger partial charge is 0.139 e. The van der Waals surface area contributed by atoms with Crippen molar-refractivity contribution in [2.75, 3.05) is 0 Å². The Kier molecular flexibility index (Phi) is 5.75. The van der Waals surface area contributed by atoms with Crippen molar-refractivity contribution in [3.05, 3.63) is 90.0 Å². The van der Waals surface area contributed by atoms with Gasteiger partial charge in [0.25, 0.3) is 0 Å². The number of hydrogen-bond acceptors (Lipinski definition) is 1. The first-order valence-corrected chi connectivity index (χ1v) is 13.1. The third-order valence-electron chi connectivity index (χ3n) is 7.07. The molecule has 0 radical (unpaired) electrons. The second kappa shape index (κ2) is 8.55. The predicted octanol–water partition coefficient (Wildman–Crippen LogP) is 10.3. The van der Waals surface area contributed by atoms with Gasteiger partial charge in [-0.1, -0.05) is 97.9 Å². The zero-order valence-electron chi connectivity index (χ0n) is 22.9. The van der Waals surface area contributed by atoms with Crippen LogP contribution >= 0.6 is 0 Å². The van der Waals surface area contributed by atoms with Crippen molar-refractivity contribution in [3.63, 3.8) is 0 Å². The molecule has 0 spiro atoms. The van der Waals surface area contributed by atoms with Crippen LogP contribution in [0.1, 0.15) is 66.5 Å². The summed E-state index contributed by atoms with van der Waals surface area (Å²) in [5.74, 6) is 0. The number of para-hydroxylation sites is 2. The van der Waals surface area contributed by atoms with Gasteiger partial charge in [-0.15, -0.1) is 0 Å². The summed E-state index contributed by atoms with van der Waals surface area (Å²) in [5, 5.41) is 4.94. The molecule has 0 bridgehead atoms. The van der Waals surface area contributed by atoms with Crippen molar-refractivity contribution in [2.45, 2.75) is 66.2 Å². The van der Waals surface area contributed by atoms with E-state index in [0.717, 1.165) is 11.2 Å². The number of benzene rings is 4. The summed E-state index contributed by atoms with van der Waals surface area (Å²) in [6.07, 6.45) is 0. The second-order valence-corrected chi connectivity index (χ2v) is 11.6. The first-order chi connectivity index (χ1) is 17.1. The van der Waals surface area contributed by atoms with Crippen LogP contribution in [0.25, 0.3) is 49.4 Å². The van der Waals surface area contributed by atoms with Gasteiger partial charge >= 0.3 is 0 Å². The number of hydrogen-bond donors (Lipinski definition) is 0. The maximum Gasteiger partial charge on any atom is 0.139 e. The quantitative estimate of drug-likeness (QED) is 0.231. The van der Waals surface area contributed by atoms with Gasteiger partial charge in [0.05, 0.1) is 11.0 Å². The fourth-order valence-electron chi connectivity index (χ4n) is 5.22. The Morgan fingerprint density at radius 3 is 1.72 bits per heavy atom. The molecule has 6 rings (SSSR count). The molecule has 0 saturated carbocycles. The second-order valence-electron chi connectivity index (χ2n) is 11.6. The highest BCUT2D eigenvalue weighted by molar-refractivity contribution is 6.11. The van der Waals surface area contributed by atoms with E-state index >= 15 is 0 Å². The Labute approximate surface area is 214 Å².